The fraction of sp³-hybridized carbons (Fsp3) is 0.125. The second-order valence-corrected chi connectivity index (χ2v) is 4.79. The summed E-state index contributed by atoms with van der Waals surface area (Å²) in [5.41, 5.74) is 8.23. The largest absolute Gasteiger partial charge is 0.402 e. The molecule has 108 valence electrons. The van der Waals surface area contributed by atoms with Gasteiger partial charge in [0.05, 0.1) is 0 Å². The summed E-state index contributed by atoms with van der Waals surface area (Å²) < 4.78 is 14.4. The molecule has 0 aliphatic carbocycles. The van der Waals surface area contributed by atoms with Gasteiger partial charge in [0, 0.05) is 40.5 Å². The van der Waals surface area contributed by atoms with Crippen molar-refractivity contribution in [3.05, 3.63) is 70.0 Å². The molecular weight excluding hydrogens is 269 g/mol. The lowest BCUT2D eigenvalue weighted by Gasteiger charge is -2.12. The van der Waals surface area contributed by atoms with Gasteiger partial charge in [-0.25, -0.2) is 4.39 Å². The molecule has 0 amide bonds. The summed E-state index contributed by atoms with van der Waals surface area (Å²) in [7, 11) is 0. The lowest BCUT2D eigenvalue weighted by Crippen LogP contribution is -2.18. The molecule has 2 rings (SSSR count). The molecule has 0 bridgehead atoms. The number of benzene rings is 1. The molecule has 1 aromatic heterocycles. The maximum Gasteiger partial charge on any atom is 0.255 e. The molecule has 21 heavy (non-hydrogen) atoms. The number of pyridine rings is 1. The van der Waals surface area contributed by atoms with Crippen molar-refractivity contribution in [1.29, 1.82) is 5.41 Å². The molecule has 0 spiro atoms. The zero-order chi connectivity index (χ0) is 15.6. The van der Waals surface area contributed by atoms with E-state index in [0.717, 1.165) is 0 Å². The number of nitrogens with zero attached hydrogens (tertiary/aromatic N) is 1. The van der Waals surface area contributed by atoms with E-state index in [0.29, 0.717) is 28.2 Å². The van der Waals surface area contributed by atoms with Crippen LogP contribution < -0.4 is 11.3 Å². The topological polar surface area (TPSA) is 71.9 Å². The molecule has 5 heteroatoms. The highest BCUT2D eigenvalue weighted by molar-refractivity contribution is 6.21. The third kappa shape index (κ3) is 3.08. The minimum Gasteiger partial charge on any atom is -0.402 e. The van der Waals surface area contributed by atoms with Crippen LogP contribution in [0.3, 0.4) is 0 Å². The van der Waals surface area contributed by atoms with Crippen LogP contribution in [-0.2, 0) is 0 Å². The van der Waals surface area contributed by atoms with E-state index in [1.807, 2.05) is 0 Å². The Kier molecular flexibility index (Phi) is 4.03. The molecule has 0 fully saturated rings. The predicted octanol–water partition coefficient (Wildman–Crippen LogP) is 2.71. The Morgan fingerprint density at radius 3 is 2.29 bits per heavy atom. The van der Waals surface area contributed by atoms with Gasteiger partial charge in [0.15, 0.2) is 0 Å². The van der Waals surface area contributed by atoms with E-state index in [-0.39, 0.29) is 11.4 Å². The third-order valence-corrected chi connectivity index (χ3v) is 3.07. The fourth-order valence-electron chi connectivity index (χ4n) is 2.18. The monoisotopic (exact) mass is 285 g/mol. The summed E-state index contributed by atoms with van der Waals surface area (Å²) in [5, 5.41) is 7.80. The van der Waals surface area contributed by atoms with Crippen LogP contribution >= 0.6 is 0 Å². The number of halogens is 1. The Bertz CT molecular complexity index is 769. The van der Waals surface area contributed by atoms with Gasteiger partial charge in [-0.2, -0.15) is 0 Å². The summed E-state index contributed by atoms with van der Waals surface area (Å²) in [6.07, 6.45) is 1.61. The Morgan fingerprint density at radius 1 is 1.14 bits per heavy atom. The maximum absolute atomic E-state index is 13.0. The van der Waals surface area contributed by atoms with Crippen LogP contribution in [0.15, 0.2) is 53.1 Å². The standard InChI is InChI=1S/C16H16FN3O/c1-10(18)16(11(2)19)12-3-8-15(21)20(9-12)14-6-4-13(17)5-7-14/h3-9,18H,19H2,1-2H3/b16-11+,18-10?. The SMILES string of the molecule is CC(=N)/C(=C(/C)N)c1ccc(=O)n(-c2ccc(F)cc2)c1. The quantitative estimate of drug-likeness (QED) is 0.851. The fourth-order valence-corrected chi connectivity index (χ4v) is 2.18. The van der Waals surface area contributed by atoms with Crippen molar-refractivity contribution < 1.29 is 4.39 Å². The van der Waals surface area contributed by atoms with Crippen molar-refractivity contribution in [2.45, 2.75) is 13.8 Å². The van der Waals surface area contributed by atoms with E-state index in [4.69, 9.17) is 11.1 Å². The summed E-state index contributed by atoms with van der Waals surface area (Å²) >= 11 is 0. The molecule has 0 saturated carbocycles. The number of hydrogen-bond acceptors (Lipinski definition) is 3. The van der Waals surface area contributed by atoms with Crippen LogP contribution in [0, 0.1) is 11.2 Å². The van der Waals surface area contributed by atoms with Crippen LogP contribution in [0.2, 0.25) is 0 Å². The molecule has 0 aliphatic rings. The Hall–Kier alpha value is -2.69. The number of nitrogens with two attached hydrogens (primary N) is 1. The van der Waals surface area contributed by atoms with E-state index < -0.39 is 0 Å². The average Bonchev–Trinajstić information content (AvgIpc) is 2.41. The van der Waals surface area contributed by atoms with Gasteiger partial charge in [0.25, 0.3) is 5.56 Å². The molecule has 1 heterocycles. The van der Waals surface area contributed by atoms with Crippen molar-refractivity contribution in [1.82, 2.24) is 4.57 Å². The van der Waals surface area contributed by atoms with E-state index in [2.05, 4.69) is 0 Å². The first-order chi connectivity index (χ1) is 9.90. The van der Waals surface area contributed by atoms with Gasteiger partial charge in [0.2, 0.25) is 0 Å². The summed E-state index contributed by atoms with van der Waals surface area (Å²) in [5.74, 6) is -0.364. The van der Waals surface area contributed by atoms with Gasteiger partial charge in [-0.1, -0.05) is 0 Å². The Morgan fingerprint density at radius 2 is 1.76 bits per heavy atom. The smallest absolute Gasteiger partial charge is 0.255 e. The van der Waals surface area contributed by atoms with Crippen LogP contribution in [0.1, 0.15) is 19.4 Å². The van der Waals surface area contributed by atoms with Crippen LogP contribution in [0.5, 0.6) is 0 Å². The first kappa shape index (κ1) is 14.7. The lowest BCUT2D eigenvalue weighted by atomic mass is 10.0. The number of rotatable bonds is 3. The Balaban J connectivity index is 2.62. The lowest BCUT2D eigenvalue weighted by molar-refractivity contribution is 0.627. The summed E-state index contributed by atoms with van der Waals surface area (Å²) in [4.78, 5) is 12.0. The van der Waals surface area contributed by atoms with Crippen molar-refractivity contribution in [2.75, 3.05) is 0 Å². The molecule has 0 aliphatic heterocycles. The van der Waals surface area contributed by atoms with Crippen LogP contribution in [0.4, 0.5) is 4.39 Å². The highest BCUT2D eigenvalue weighted by Crippen LogP contribution is 2.18. The van der Waals surface area contributed by atoms with Crippen molar-refractivity contribution >= 4 is 11.3 Å². The van der Waals surface area contributed by atoms with Gasteiger partial charge >= 0.3 is 0 Å². The molecule has 0 radical (unpaired) electrons. The van der Waals surface area contributed by atoms with Crippen LogP contribution in [-0.4, -0.2) is 10.3 Å². The van der Waals surface area contributed by atoms with E-state index in [1.54, 1.807) is 26.1 Å². The van der Waals surface area contributed by atoms with E-state index in [1.165, 1.54) is 34.9 Å². The van der Waals surface area contributed by atoms with Gasteiger partial charge in [-0.3, -0.25) is 9.36 Å². The predicted molar refractivity (Wildman–Crippen MR) is 82.2 cm³/mol. The molecular formula is C16H16FN3O. The van der Waals surface area contributed by atoms with Gasteiger partial charge in [-0.15, -0.1) is 0 Å². The minimum absolute atomic E-state index is 0.234. The van der Waals surface area contributed by atoms with Crippen molar-refractivity contribution in [3.8, 4) is 5.69 Å². The van der Waals surface area contributed by atoms with E-state index in [9.17, 15) is 9.18 Å². The second-order valence-electron chi connectivity index (χ2n) is 4.79. The van der Waals surface area contributed by atoms with Crippen molar-refractivity contribution in [2.24, 2.45) is 5.73 Å². The summed E-state index contributed by atoms with van der Waals surface area (Å²) in [6, 6.07) is 8.67. The van der Waals surface area contributed by atoms with E-state index >= 15 is 0 Å². The molecule has 3 N–H and O–H groups in total. The molecule has 2 aromatic rings. The zero-order valence-electron chi connectivity index (χ0n) is 11.9. The highest BCUT2D eigenvalue weighted by Gasteiger charge is 2.09. The first-order valence-electron chi connectivity index (χ1n) is 6.41. The number of allylic oxidation sites excluding steroid dienone is 2. The highest BCUT2D eigenvalue weighted by atomic mass is 19.1. The molecule has 4 nitrogen and oxygen atoms in total. The number of aromatic nitrogens is 1. The van der Waals surface area contributed by atoms with Gasteiger partial charge in [-0.05, 0) is 44.2 Å². The molecule has 0 unspecified atom stereocenters. The van der Waals surface area contributed by atoms with Crippen molar-refractivity contribution in [3.63, 3.8) is 0 Å². The van der Waals surface area contributed by atoms with Gasteiger partial charge < -0.3 is 11.1 Å². The first-order valence-corrected chi connectivity index (χ1v) is 6.41. The Labute approximate surface area is 121 Å². The summed E-state index contributed by atoms with van der Waals surface area (Å²) in [6.45, 7) is 3.35. The molecule has 0 atom stereocenters. The normalized spacial score (nSPS) is 12.0. The molecule has 1 aromatic carbocycles. The number of nitrogens with one attached hydrogen (secondary N) is 1. The zero-order valence-corrected chi connectivity index (χ0v) is 11.9. The maximum atomic E-state index is 13.0. The van der Waals surface area contributed by atoms with Crippen LogP contribution in [0.25, 0.3) is 11.3 Å². The third-order valence-electron chi connectivity index (χ3n) is 3.07. The molecule has 0 saturated heterocycles. The second kappa shape index (κ2) is 5.75. The minimum atomic E-state index is -0.364. The average molecular weight is 285 g/mol. The van der Waals surface area contributed by atoms with Gasteiger partial charge in [0.1, 0.15) is 5.82 Å². The number of hydrogen-bond donors (Lipinski definition) is 2.